The van der Waals surface area contributed by atoms with Crippen molar-refractivity contribution in [1.82, 2.24) is 5.32 Å². The van der Waals surface area contributed by atoms with Crippen LogP contribution in [0.1, 0.15) is 24.2 Å². The fraction of sp³-hybridized carbons (Fsp3) is 0.417. The van der Waals surface area contributed by atoms with Crippen LogP contribution < -0.4 is 5.32 Å². The third-order valence-corrected chi connectivity index (χ3v) is 4.25. The molecule has 0 unspecified atom stereocenters. The van der Waals surface area contributed by atoms with E-state index in [9.17, 15) is 17.6 Å². The van der Waals surface area contributed by atoms with E-state index in [2.05, 4.69) is 21.2 Å². The van der Waals surface area contributed by atoms with E-state index in [1.165, 1.54) is 13.2 Å². The summed E-state index contributed by atoms with van der Waals surface area (Å²) in [5.74, 6) is -1.96. The summed E-state index contributed by atoms with van der Waals surface area (Å²) < 4.78 is 42.0. The molecule has 0 aliphatic rings. The van der Waals surface area contributed by atoms with Crippen LogP contribution in [-0.2, 0) is 13.8 Å². The zero-order valence-electron chi connectivity index (χ0n) is 11.5. The summed E-state index contributed by atoms with van der Waals surface area (Å²) in [7, 11) is 2.32. The maximum atomic E-state index is 14.2. The summed E-state index contributed by atoms with van der Waals surface area (Å²) in [6.45, 7) is 3.57. The monoisotopic (exact) mass is 401 g/mol. The fourth-order valence-electron chi connectivity index (χ4n) is 1.68. The summed E-state index contributed by atoms with van der Waals surface area (Å²) in [5.41, 5.74) is -1.17. The van der Waals surface area contributed by atoms with Crippen molar-refractivity contribution in [3.63, 3.8) is 0 Å². The van der Waals surface area contributed by atoms with Crippen molar-refractivity contribution in [2.45, 2.75) is 24.3 Å². The smallest absolute Gasteiger partial charge is 0.264 e. The maximum absolute atomic E-state index is 14.2. The first-order valence-electron chi connectivity index (χ1n) is 5.73. The van der Waals surface area contributed by atoms with Gasteiger partial charge in [0.1, 0.15) is 4.90 Å². The Morgan fingerprint density at radius 3 is 2.52 bits per heavy atom. The van der Waals surface area contributed by atoms with Gasteiger partial charge >= 0.3 is 0 Å². The number of amides is 1. The molecule has 0 bridgehead atoms. The summed E-state index contributed by atoms with van der Waals surface area (Å²) in [6, 6.07) is 2.17. The van der Waals surface area contributed by atoms with Gasteiger partial charge in [-0.05, 0) is 26.0 Å². The molecule has 0 aliphatic heterocycles. The Balaban J connectivity index is 3.26. The van der Waals surface area contributed by atoms with E-state index >= 15 is 0 Å². The number of ether oxygens (including phenoxy) is 1. The average molecular weight is 403 g/mol. The molecule has 21 heavy (non-hydrogen) atoms. The Kier molecular flexibility index (Phi) is 5.76. The van der Waals surface area contributed by atoms with Crippen molar-refractivity contribution >= 4 is 41.6 Å². The van der Waals surface area contributed by atoms with E-state index in [0.29, 0.717) is 0 Å². The number of halogens is 3. The Morgan fingerprint density at radius 2 is 2.05 bits per heavy atom. The van der Waals surface area contributed by atoms with Crippen LogP contribution in [0.15, 0.2) is 21.5 Å². The van der Waals surface area contributed by atoms with E-state index in [4.69, 9.17) is 15.4 Å². The largest absolute Gasteiger partial charge is 0.382 e. The van der Waals surface area contributed by atoms with Crippen LogP contribution in [-0.4, -0.2) is 33.6 Å². The van der Waals surface area contributed by atoms with Crippen LogP contribution >= 0.6 is 26.6 Å². The second-order valence-corrected chi connectivity index (χ2v) is 8.42. The lowest BCUT2D eigenvalue weighted by atomic mass is 10.1. The SMILES string of the molecule is COCC(C)(C)NC(=O)c1cc(Br)cc(S(=O)(=O)Cl)c1F. The molecule has 0 saturated heterocycles. The van der Waals surface area contributed by atoms with Gasteiger partial charge in [-0.25, -0.2) is 12.8 Å². The molecule has 0 spiro atoms. The predicted octanol–water partition coefficient (Wildman–Crippen LogP) is 2.67. The number of methoxy groups -OCH3 is 1. The van der Waals surface area contributed by atoms with Gasteiger partial charge in [-0.3, -0.25) is 4.79 Å². The molecular weight excluding hydrogens is 389 g/mol. The Bertz CT molecular complexity index is 663. The number of nitrogens with one attached hydrogen (secondary N) is 1. The van der Waals surface area contributed by atoms with Gasteiger partial charge < -0.3 is 10.1 Å². The van der Waals surface area contributed by atoms with E-state index in [-0.39, 0.29) is 11.1 Å². The Labute approximate surface area is 135 Å². The van der Waals surface area contributed by atoms with Gasteiger partial charge in [-0.15, -0.1) is 0 Å². The molecule has 0 atom stereocenters. The second kappa shape index (κ2) is 6.60. The molecule has 118 valence electrons. The molecule has 1 aromatic carbocycles. The predicted molar refractivity (Wildman–Crippen MR) is 80.6 cm³/mol. The van der Waals surface area contributed by atoms with Crippen molar-refractivity contribution < 1.29 is 22.3 Å². The highest BCUT2D eigenvalue weighted by Gasteiger charge is 2.27. The topological polar surface area (TPSA) is 72.5 Å². The molecule has 0 saturated carbocycles. The van der Waals surface area contributed by atoms with Crippen molar-refractivity contribution in [2.24, 2.45) is 0 Å². The molecule has 0 heterocycles. The quantitative estimate of drug-likeness (QED) is 0.769. The van der Waals surface area contributed by atoms with E-state index in [0.717, 1.165) is 6.07 Å². The van der Waals surface area contributed by atoms with Gasteiger partial charge in [0.25, 0.3) is 15.0 Å². The standard InChI is InChI=1S/C12H14BrClFNO4S/c1-12(2,6-20-3)16-11(17)8-4-7(13)5-9(10(8)15)21(14,18)19/h4-5H,6H2,1-3H3,(H,16,17). The molecule has 0 radical (unpaired) electrons. The van der Waals surface area contributed by atoms with Gasteiger partial charge in [-0.1, -0.05) is 15.9 Å². The van der Waals surface area contributed by atoms with E-state index < -0.39 is 36.8 Å². The highest BCUT2D eigenvalue weighted by Crippen LogP contribution is 2.26. The molecule has 5 nitrogen and oxygen atoms in total. The molecule has 0 aliphatic carbocycles. The first kappa shape index (κ1) is 18.3. The number of carbonyl (C=O) groups is 1. The van der Waals surface area contributed by atoms with Crippen molar-refractivity contribution in [1.29, 1.82) is 0 Å². The van der Waals surface area contributed by atoms with E-state index in [1.54, 1.807) is 13.8 Å². The Hall–Kier alpha value is -0.700. The number of hydrogen-bond donors (Lipinski definition) is 1. The van der Waals surface area contributed by atoms with Gasteiger partial charge in [-0.2, -0.15) is 0 Å². The molecule has 0 fully saturated rings. The zero-order chi connectivity index (χ0) is 16.4. The molecular formula is C12H14BrClFNO4S. The second-order valence-electron chi connectivity index (χ2n) is 4.97. The van der Waals surface area contributed by atoms with Crippen molar-refractivity contribution in [2.75, 3.05) is 13.7 Å². The van der Waals surface area contributed by atoms with Gasteiger partial charge in [0.05, 0.1) is 17.7 Å². The molecule has 9 heteroatoms. The molecule has 1 rings (SSSR count). The van der Waals surface area contributed by atoms with Gasteiger partial charge in [0.2, 0.25) is 0 Å². The molecule has 1 N–H and O–H groups in total. The van der Waals surface area contributed by atoms with Crippen LogP contribution in [0.4, 0.5) is 4.39 Å². The normalized spacial score (nSPS) is 12.3. The third-order valence-electron chi connectivity index (χ3n) is 2.47. The highest BCUT2D eigenvalue weighted by molar-refractivity contribution is 9.10. The Morgan fingerprint density at radius 1 is 1.48 bits per heavy atom. The molecule has 0 aromatic heterocycles. The van der Waals surface area contributed by atoms with Gasteiger partial charge in [0.15, 0.2) is 5.82 Å². The van der Waals surface area contributed by atoms with Crippen molar-refractivity contribution in [3.8, 4) is 0 Å². The van der Waals surface area contributed by atoms with Crippen molar-refractivity contribution in [3.05, 3.63) is 28.0 Å². The molecule has 1 aromatic rings. The molecule has 1 amide bonds. The number of rotatable bonds is 5. The van der Waals surface area contributed by atoms with Gasteiger partial charge in [0, 0.05) is 22.3 Å². The van der Waals surface area contributed by atoms with Crippen LogP contribution in [0.5, 0.6) is 0 Å². The summed E-state index contributed by atoms with van der Waals surface area (Å²) in [5, 5.41) is 2.56. The van der Waals surface area contributed by atoms with Crippen LogP contribution in [0, 0.1) is 5.82 Å². The number of hydrogen-bond acceptors (Lipinski definition) is 4. The van der Waals surface area contributed by atoms with Crippen LogP contribution in [0.2, 0.25) is 0 Å². The minimum atomic E-state index is -4.30. The minimum Gasteiger partial charge on any atom is -0.382 e. The number of carbonyl (C=O) groups excluding carboxylic acids is 1. The van der Waals surface area contributed by atoms with Crippen LogP contribution in [0.3, 0.4) is 0 Å². The first-order chi connectivity index (χ1) is 9.48. The zero-order valence-corrected chi connectivity index (χ0v) is 14.7. The van der Waals surface area contributed by atoms with E-state index in [1.807, 2.05) is 0 Å². The first-order valence-corrected chi connectivity index (χ1v) is 8.83. The third kappa shape index (κ3) is 4.91. The fourth-order valence-corrected chi connectivity index (χ4v) is 3.22. The van der Waals surface area contributed by atoms with Crippen LogP contribution in [0.25, 0.3) is 0 Å². The lowest BCUT2D eigenvalue weighted by Crippen LogP contribution is -2.47. The highest BCUT2D eigenvalue weighted by atomic mass is 79.9. The summed E-state index contributed by atoms with van der Waals surface area (Å²) in [4.78, 5) is 11.4. The maximum Gasteiger partial charge on any atom is 0.264 e. The lowest BCUT2D eigenvalue weighted by Gasteiger charge is -2.25. The minimum absolute atomic E-state index is 0.203. The summed E-state index contributed by atoms with van der Waals surface area (Å²) in [6.07, 6.45) is 0. The number of benzene rings is 1. The summed E-state index contributed by atoms with van der Waals surface area (Å²) >= 11 is 3.02. The average Bonchev–Trinajstić information content (AvgIpc) is 2.29. The lowest BCUT2D eigenvalue weighted by molar-refractivity contribution is 0.0815.